The summed E-state index contributed by atoms with van der Waals surface area (Å²) in [5.41, 5.74) is 6.32. The molecular formula is C14H21N3O2S. The minimum Gasteiger partial charge on any atom is -0.397 e. The van der Waals surface area contributed by atoms with E-state index in [0.717, 1.165) is 0 Å². The number of nitrogens with two attached hydrogens (primary N) is 1. The second-order valence-corrected chi connectivity index (χ2v) is 6.39. The van der Waals surface area contributed by atoms with Crippen molar-refractivity contribution in [1.29, 1.82) is 0 Å². The third-order valence-corrected chi connectivity index (χ3v) is 4.31. The fourth-order valence-electron chi connectivity index (χ4n) is 2.27. The maximum absolute atomic E-state index is 12.3. The van der Waals surface area contributed by atoms with Crippen LogP contribution in [0.2, 0.25) is 0 Å². The highest BCUT2D eigenvalue weighted by Crippen LogP contribution is 2.21. The fraction of sp³-hybridized carbons (Fsp3) is 0.571. The summed E-state index contributed by atoms with van der Waals surface area (Å²) in [6, 6.07) is 1.75. The first kappa shape index (κ1) is 14.8. The summed E-state index contributed by atoms with van der Waals surface area (Å²) in [5.74, 6) is 0.532. The number of carbonyl (C=O) groups excluding carboxylic acids is 2. The summed E-state index contributed by atoms with van der Waals surface area (Å²) >= 11 is 1.37. The molecule has 110 valence electrons. The van der Waals surface area contributed by atoms with Crippen molar-refractivity contribution in [1.82, 2.24) is 9.80 Å². The monoisotopic (exact) mass is 295 g/mol. The maximum Gasteiger partial charge on any atom is 0.266 e. The second kappa shape index (κ2) is 6.26. The van der Waals surface area contributed by atoms with E-state index in [1.807, 2.05) is 24.1 Å². The van der Waals surface area contributed by atoms with E-state index in [1.54, 1.807) is 11.0 Å². The molecule has 20 heavy (non-hydrogen) atoms. The van der Waals surface area contributed by atoms with Crippen molar-refractivity contribution in [2.24, 2.45) is 5.92 Å². The smallest absolute Gasteiger partial charge is 0.266 e. The van der Waals surface area contributed by atoms with Crippen molar-refractivity contribution in [3.8, 4) is 0 Å². The Kier molecular flexibility index (Phi) is 4.65. The first-order chi connectivity index (χ1) is 9.49. The van der Waals surface area contributed by atoms with Crippen LogP contribution in [0.5, 0.6) is 0 Å². The van der Waals surface area contributed by atoms with Gasteiger partial charge in [0.05, 0.1) is 5.69 Å². The predicted molar refractivity (Wildman–Crippen MR) is 80.7 cm³/mol. The van der Waals surface area contributed by atoms with Gasteiger partial charge in [0.2, 0.25) is 5.91 Å². The number of hydrogen-bond donors (Lipinski definition) is 1. The van der Waals surface area contributed by atoms with Gasteiger partial charge in [-0.1, -0.05) is 13.8 Å². The third-order valence-electron chi connectivity index (χ3n) is 3.39. The number of amides is 2. The third kappa shape index (κ3) is 3.30. The summed E-state index contributed by atoms with van der Waals surface area (Å²) < 4.78 is 0. The van der Waals surface area contributed by atoms with Gasteiger partial charge in [-0.05, 0) is 17.4 Å². The van der Waals surface area contributed by atoms with Crippen LogP contribution in [0.4, 0.5) is 5.69 Å². The predicted octanol–water partition coefficient (Wildman–Crippen LogP) is 1.66. The van der Waals surface area contributed by atoms with Crippen LogP contribution in [-0.2, 0) is 4.79 Å². The Bertz CT molecular complexity index is 490. The zero-order chi connectivity index (χ0) is 14.7. The Labute approximate surface area is 123 Å². The SMILES string of the molecule is CC(C)CC(=O)N1CCN(C(=O)c2sccc2N)CC1. The van der Waals surface area contributed by atoms with Gasteiger partial charge in [0.15, 0.2) is 0 Å². The molecule has 0 aliphatic carbocycles. The standard InChI is InChI=1S/C14H21N3O2S/c1-10(2)9-12(18)16-4-6-17(7-5-16)14(19)13-11(15)3-8-20-13/h3,8,10H,4-7,9,15H2,1-2H3. The Morgan fingerprint density at radius 3 is 2.35 bits per heavy atom. The van der Waals surface area contributed by atoms with Gasteiger partial charge in [-0.2, -0.15) is 0 Å². The summed E-state index contributed by atoms with van der Waals surface area (Å²) in [7, 11) is 0. The number of nitrogen functional groups attached to an aromatic ring is 1. The number of nitrogens with zero attached hydrogens (tertiary/aromatic N) is 2. The first-order valence-electron chi connectivity index (χ1n) is 6.89. The van der Waals surface area contributed by atoms with Gasteiger partial charge < -0.3 is 15.5 Å². The van der Waals surface area contributed by atoms with Crippen LogP contribution in [-0.4, -0.2) is 47.8 Å². The van der Waals surface area contributed by atoms with Crippen LogP contribution in [0.15, 0.2) is 11.4 Å². The quantitative estimate of drug-likeness (QED) is 0.922. The number of anilines is 1. The molecule has 1 aromatic rings. The lowest BCUT2D eigenvalue weighted by Crippen LogP contribution is -2.50. The summed E-state index contributed by atoms with van der Waals surface area (Å²) in [6.45, 7) is 6.47. The largest absolute Gasteiger partial charge is 0.397 e. The van der Waals surface area contributed by atoms with Gasteiger partial charge in [-0.15, -0.1) is 11.3 Å². The molecule has 0 atom stereocenters. The molecule has 1 aliphatic rings. The van der Waals surface area contributed by atoms with E-state index >= 15 is 0 Å². The molecule has 0 bridgehead atoms. The van der Waals surface area contributed by atoms with E-state index in [-0.39, 0.29) is 11.8 Å². The van der Waals surface area contributed by atoms with Crippen LogP contribution >= 0.6 is 11.3 Å². The number of thiophene rings is 1. The van der Waals surface area contributed by atoms with Crippen molar-refractivity contribution in [3.63, 3.8) is 0 Å². The lowest BCUT2D eigenvalue weighted by atomic mass is 10.1. The minimum atomic E-state index is -0.0199. The van der Waals surface area contributed by atoms with Gasteiger partial charge in [-0.25, -0.2) is 0 Å². The van der Waals surface area contributed by atoms with Crippen molar-refractivity contribution in [2.45, 2.75) is 20.3 Å². The molecule has 0 radical (unpaired) electrons. The molecule has 0 spiro atoms. The zero-order valence-electron chi connectivity index (χ0n) is 12.0. The van der Waals surface area contributed by atoms with Crippen LogP contribution in [0.3, 0.4) is 0 Å². The molecule has 2 heterocycles. The molecule has 2 N–H and O–H groups in total. The lowest BCUT2D eigenvalue weighted by Gasteiger charge is -2.35. The van der Waals surface area contributed by atoms with E-state index in [2.05, 4.69) is 0 Å². The average molecular weight is 295 g/mol. The maximum atomic E-state index is 12.3. The van der Waals surface area contributed by atoms with Crippen molar-refractivity contribution < 1.29 is 9.59 Å². The molecule has 1 aromatic heterocycles. The number of hydrogen-bond acceptors (Lipinski definition) is 4. The Morgan fingerprint density at radius 1 is 1.25 bits per heavy atom. The second-order valence-electron chi connectivity index (χ2n) is 5.48. The summed E-state index contributed by atoms with van der Waals surface area (Å²) in [6.07, 6.45) is 0.575. The molecule has 0 aromatic carbocycles. The highest BCUT2D eigenvalue weighted by Gasteiger charge is 2.26. The van der Waals surface area contributed by atoms with Crippen LogP contribution < -0.4 is 5.73 Å². The molecule has 2 rings (SSSR count). The van der Waals surface area contributed by atoms with E-state index < -0.39 is 0 Å². The van der Waals surface area contributed by atoms with Gasteiger partial charge >= 0.3 is 0 Å². The first-order valence-corrected chi connectivity index (χ1v) is 7.77. The number of rotatable bonds is 3. The molecule has 0 unspecified atom stereocenters. The van der Waals surface area contributed by atoms with Crippen molar-refractivity contribution in [2.75, 3.05) is 31.9 Å². The van der Waals surface area contributed by atoms with E-state index in [4.69, 9.17) is 5.73 Å². The van der Waals surface area contributed by atoms with Crippen LogP contribution in [0, 0.1) is 5.92 Å². The van der Waals surface area contributed by atoms with Crippen LogP contribution in [0.1, 0.15) is 29.9 Å². The highest BCUT2D eigenvalue weighted by molar-refractivity contribution is 7.12. The Morgan fingerprint density at radius 2 is 1.85 bits per heavy atom. The molecule has 0 saturated carbocycles. The average Bonchev–Trinajstić information content (AvgIpc) is 2.83. The highest BCUT2D eigenvalue weighted by atomic mass is 32.1. The number of piperazine rings is 1. The molecule has 1 saturated heterocycles. The topological polar surface area (TPSA) is 66.6 Å². The van der Waals surface area contributed by atoms with Gasteiger partial charge in [0, 0.05) is 32.6 Å². The van der Waals surface area contributed by atoms with Gasteiger partial charge in [0.1, 0.15) is 4.88 Å². The zero-order valence-corrected chi connectivity index (χ0v) is 12.8. The van der Waals surface area contributed by atoms with E-state index in [1.165, 1.54) is 11.3 Å². The summed E-state index contributed by atoms with van der Waals surface area (Å²) in [4.78, 5) is 28.5. The molecule has 2 amide bonds. The van der Waals surface area contributed by atoms with Crippen LogP contribution in [0.25, 0.3) is 0 Å². The van der Waals surface area contributed by atoms with Crippen molar-refractivity contribution >= 4 is 28.8 Å². The van der Waals surface area contributed by atoms with Gasteiger partial charge in [-0.3, -0.25) is 9.59 Å². The molecular weight excluding hydrogens is 274 g/mol. The Hall–Kier alpha value is -1.56. The summed E-state index contributed by atoms with van der Waals surface area (Å²) in [5, 5.41) is 1.82. The molecule has 1 aliphatic heterocycles. The normalized spacial score (nSPS) is 15.8. The van der Waals surface area contributed by atoms with E-state index in [9.17, 15) is 9.59 Å². The lowest BCUT2D eigenvalue weighted by molar-refractivity contribution is -0.133. The van der Waals surface area contributed by atoms with Gasteiger partial charge in [0.25, 0.3) is 5.91 Å². The molecule has 5 nitrogen and oxygen atoms in total. The molecule has 6 heteroatoms. The Balaban J connectivity index is 1.90. The molecule has 1 fully saturated rings. The number of carbonyl (C=O) groups is 2. The van der Waals surface area contributed by atoms with Crippen molar-refractivity contribution in [3.05, 3.63) is 16.3 Å². The minimum absolute atomic E-state index is 0.0199. The fourth-order valence-corrected chi connectivity index (χ4v) is 3.06. The van der Waals surface area contributed by atoms with E-state index in [0.29, 0.717) is 49.1 Å².